The summed E-state index contributed by atoms with van der Waals surface area (Å²) < 4.78 is 44.0. The van der Waals surface area contributed by atoms with E-state index in [1.165, 1.54) is 50.6 Å². The van der Waals surface area contributed by atoms with Crippen molar-refractivity contribution in [3.8, 4) is 11.5 Å². The Kier molecular flexibility index (Phi) is 8.10. The summed E-state index contributed by atoms with van der Waals surface area (Å²) in [6, 6.07) is 22.9. The molecule has 1 aliphatic rings. The third-order valence-electron chi connectivity index (χ3n) is 6.79. The molecule has 7 nitrogen and oxygen atoms in total. The third-order valence-corrected chi connectivity index (χ3v) is 6.79. The lowest BCUT2D eigenvalue weighted by Gasteiger charge is -2.25. The van der Waals surface area contributed by atoms with Crippen LogP contribution in [0.25, 0.3) is 0 Å². The highest BCUT2D eigenvalue weighted by Crippen LogP contribution is 2.36. The van der Waals surface area contributed by atoms with Crippen molar-refractivity contribution < 1.29 is 32.6 Å². The fraction of sp³-hybridized carbons (Fsp3) is 0.121. The van der Waals surface area contributed by atoms with Crippen LogP contribution in [0.3, 0.4) is 0 Å². The Morgan fingerprint density at radius 1 is 0.857 bits per heavy atom. The lowest BCUT2D eigenvalue weighted by atomic mass is 9.89. The van der Waals surface area contributed by atoms with Crippen molar-refractivity contribution in [1.82, 2.24) is 0 Å². The van der Waals surface area contributed by atoms with Crippen LogP contribution in [0.4, 0.5) is 14.5 Å². The number of hydrogen-bond acceptors (Lipinski definition) is 6. The van der Waals surface area contributed by atoms with Gasteiger partial charge in [-0.2, -0.15) is 0 Å². The maximum atomic E-state index is 13.7. The number of rotatable bonds is 9. The second kappa shape index (κ2) is 12.1. The molecule has 1 amide bonds. The summed E-state index contributed by atoms with van der Waals surface area (Å²) in [6.07, 6.45) is 4.08. The number of benzene rings is 4. The standard InChI is InChI=1S/C33H26F2N2O5/c1-40-27-6-3-5-23(19-27)33(17-4-18-36-33)32(39)37-26-15-16-29(28(20-26)31(38)41-2)42-30(21-7-11-24(34)12-8-21)22-9-13-25(35)14-10-22/h3-20,30H,1-2H3,(H,37,39). The number of ether oxygens (including phenoxy) is 3. The Labute approximate surface area is 241 Å². The van der Waals surface area contributed by atoms with Gasteiger partial charge in [0.1, 0.15) is 34.8 Å². The average Bonchev–Trinajstić information content (AvgIpc) is 3.53. The molecule has 212 valence electrons. The maximum Gasteiger partial charge on any atom is 0.341 e. The molecular weight excluding hydrogens is 542 g/mol. The number of amides is 1. The highest BCUT2D eigenvalue weighted by Gasteiger charge is 2.39. The summed E-state index contributed by atoms with van der Waals surface area (Å²) in [5.41, 5.74) is 0.727. The zero-order valence-corrected chi connectivity index (χ0v) is 22.7. The zero-order chi connectivity index (χ0) is 29.7. The molecule has 0 radical (unpaired) electrons. The Bertz CT molecular complexity index is 1610. The van der Waals surface area contributed by atoms with Gasteiger partial charge in [0.15, 0.2) is 5.54 Å². The minimum Gasteiger partial charge on any atom is -0.497 e. The second-order valence-electron chi connectivity index (χ2n) is 9.39. The van der Waals surface area contributed by atoms with E-state index in [1.807, 2.05) is 0 Å². The summed E-state index contributed by atoms with van der Waals surface area (Å²) in [5, 5.41) is 2.84. The van der Waals surface area contributed by atoms with Gasteiger partial charge in [-0.1, -0.05) is 36.4 Å². The van der Waals surface area contributed by atoms with E-state index in [0.717, 1.165) is 0 Å². The van der Waals surface area contributed by atoms with E-state index in [1.54, 1.807) is 73.0 Å². The number of allylic oxidation sites excluding steroid dienone is 1. The van der Waals surface area contributed by atoms with Crippen molar-refractivity contribution in [2.45, 2.75) is 11.6 Å². The summed E-state index contributed by atoms with van der Waals surface area (Å²) in [6.45, 7) is 0. The van der Waals surface area contributed by atoms with E-state index in [0.29, 0.717) is 28.1 Å². The predicted molar refractivity (Wildman–Crippen MR) is 154 cm³/mol. The van der Waals surface area contributed by atoms with E-state index in [4.69, 9.17) is 14.2 Å². The van der Waals surface area contributed by atoms with Crippen LogP contribution in [0.1, 0.15) is 33.2 Å². The first kappa shape index (κ1) is 28.2. The van der Waals surface area contributed by atoms with Gasteiger partial charge in [-0.25, -0.2) is 13.6 Å². The molecule has 4 aromatic carbocycles. The number of carbonyl (C=O) groups is 2. The molecule has 0 aliphatic carbocycles. The first-order valence-corrected chi connectivity index (χ1v) is 12.9. The Morgan fingerprint density at radius 2 is 1.52 bits per heavy atom. The zero-order valence-electron chi connectivity index (χ0n) is 22.7. The molecular formula is C33H26F2N2O5. The molecule has 0 fully saturated rings. The van der Waals surface area contributed by atoms with Crippen LogP contribution in [-0.4, -0.2) is 32.3 Å². The van der Waals surface area contributed by atoms with E-state index in [9.17, 15) is 18.4 Å². The first-order chi connectivity index (χ1) is 20.3. The topological polar surface area (TPSA) is 86.2 Å². The number of nitrogens with zero attached hydrogens (tertiary/aromatic N) is 1. The minimum atomic E-state index is -1.34. The normalized spacial score (nSPS) is 15.5. The number of esters is 1. The van der Waals surface area contributed by atoms with Crippen molar-refractivity contribution >= 4 is 23.8 Å². The molecule has 4 aromatic rings. The summed E-state index contributed by atoms with van der Waals surface area (Å²) in [5.74, 6) is -1.32. The molecule has 1 heterocycles. The van der Waals surface area contributed by atoms with Gasteiger partial charge in [-0.15, -0.1) is 0 Å². The molecule has 42 heavy (non-hydrogen) atoms. The quantitative estimate of drug-likeness (QED) is 0.236. The van der Waals surface area contributed by atoms with Crippen LogP contribution in [0.5, 0.6) is 11.5 Å². The summed E-state index contributed by atoms with van der Waals surface area (Å²) in [4.78, 5) is 31.0. The van der Waals surface area contributed by atoms with Gasteiger partial charge in [0.2, 0.25) is 0 Å². The van der Waals surface area contributed by atoms with Gasteiger partial charge in [0.05, 0.1) is 14.2 Å². The van der Waals surface area contributed by atoms with Crippen LogP contribution in [-0.2, 0) is 15.1 Å². The number of halogens is 2. The van der Waals surface area contributed by atoms with Crippen LogP contribution in [0.2, 0.25) is 0 Å². The minimum absolute atomic E-state index is 0.0328. The molecule has 1 unspecified atom stereocenters. The van der Waals surface area contributed by atoms with Gasteiger partial charge in [-0.05, 0) is 83.4 Å². The third kappa shape index (κ3) is 5.76. The van der Waals surface area contributed by atoms with Crippen LogP contribution in [0.15, 0.2) is 108 Å². The monoisotopic (exact) mass is 568 g/mol. The second-order valence-corrected chi connectivity index (χ2v) is 9.39. The lowest BCUT2D eigenvalue weighted by molar-refractivity contribution is -0.119. The molecule has 1 N–H and O–H groups in total. The summed E-state index contributed by atoms with van der Waals surface area (Å²) in [7, 11) is 2.76. The summed E-state index contributed by atoms with van der Waals surface area (Å²) >= 11 is 0. The molecule has 1 aliphatic heterocycles. The van der Waals surface area contributed by atoms with E-state index >= 15 is 0 Å². The predicted octanol–water partition coefficient (Wildman–Crippen LogP) is 6.40. The molecule has 0 aromatic heterocycles. The fourth-order valence-electron chi connectivity index (χ4n) is 4.62. The van der Waals surface area contributed by atoms with Crippen LogP contribution in [0, 0.1) is 11.6 Å². The number of hydrogen-bond donors (Lipinski definition) is 1. The van der Waals surface area contributed by atoms with Gasteiger partial charge in [0.25, 0.3) is 5.91 Å². The molecule has 0 saturated heterocycles. The molecule has 0 spiro atoms. The molecule has 9 heteroatoms. The van der Waals surface area contributed by atoms with Gasteiger partial charge in [0, 0.05) is 11.9 Å². The van der Waals surface area contributed by atoms with Gasteiger partial charge >= 0.3 is 5.97 Å². The number of nitrogens with one attached hydrogen (secondary N) is 1. The van der Waals surface area contributed by atoms with Crippen molar-refractivity contribution in [3.05, 3.63) is 137 Å². The van der Waals surface area contributed by atoms with Gasteiger partial charge < -0.3 is 19.5 Å². The van der Waals surface area contributed by atoms with Crippen molar-refractivity contribution in [1.29, 1.82) is 0 Å². The molecule has 1 atom stereocenters. The highest BCUT2D eigenvalue weighted by atomic mass is 19.1. The van der Waals surface area contributed by atoms with Crippen molar-refractivity contribution in [3.63, 3.8) is 0 Å². The number of anilines is 1. The van der Waals surface area contributed by atoms with E-state index in [2.05, 4.69) is 10.3 Å². The van der Waals surface area contributed by atoms with Crippen LogP contribution < -0.4 is 14.8 Å². The SMILES string of the molecule is COC(=O)c1cc(NC(=O)C2(c3cccc(OC)c3)C=CC=N2)ccc1OC(c1ccc(F)cc1)c1ccc(F)cc1. The van der Waals surface area contributed by atoms with Gasteiger partial charge in [-0.3, -0.25) is 9.79 Å². The van der Waals surface area contributed by atoms with Crippen LogP contribution >= 0.6 is 0 Å². The number of methoxy groups -OCH3 is 2. The highest BCUT2D eigenvalue weighted by molar-refractivity contribution is 6.04. The van der Waals surface area contributed by atoms with E-state index < -0.39 is 35.2 Å². The first-order valence-electron chi connectivity index (χ1n) is 12.9. The lowest BCUT2D eigenvalue weighted by Crippen LogP contribution is -2.36. The largest absolute Gasteiger partial charge is 0.497 e. The number of carbonyl (C=O) groups excluding carboxylic acids is 2. The molecule has 0 saturated carbocycles. The fourth-order valence-corrected chi connectivity index (χ4v) is 4.62. The van der Waals surface area contributed by atoms with Crippen molar-refractivity contribution in [2.24, 2.45) is 4.99 Å². The Morgan fingerprint density at radius 3 is 2.10 bits per heavy atom. The Balaban J connectivity index is 1.48. The number of aliphatic imine (C=N–C) groups is 1. The maximum absolute atomic E-state index is 13.7. The average molecular weight is 569 g/mol. The smallest absolute Gasteiger partial charge is 0.341 e. The van der Waals surface area contributed by atoms with E-state index in [-0.39, 0.29) is 11.3 Å². The van der Waals surface area contributed by atoms with Crippen molar-refractivity contribution in [2.75, 3.05) is 19.5 Å². The molecule has 0 bridgehead atoms. The molecule has 5 rings (SSSR count). The Hall–Kier alpha value is -5.31.